The van der Waals surface area contributed by atoms with Crippen LogP contribution in [0.15, 0.2) is 60.7 Å². The van der Waals surface area contributed by atoms with E-state index in [1.165, 1.54) is 0 Å². The Morgan fingerprint density at radius 3 is 2.31 bits per heavy atom. The highest BCUT2D eigenvalue weighted by atomic mass is 16.5. The van der Waals surface area contributed by atoms with E-state index >= 15 is 0 Å². The van der Waals surface area contributed by atoms with Crippen molar-refractivity contribution >= 4 is 11.6 Å². The number of aryl methyl sites for hydroxylation is 2. The van der Waals surface area contributed by atoms with Gasteiger partial charge in [-0.05, 0) is 40.2 Å². The number of carbonyl (C=O) groups is 1. The lowest BCUT2D eigenvalue weighted by atomic mass is 9.96. The summed E-state index contributed by atoms with van der Waals surface area (Å²) < 4.78 is 7.77. The molecule has 32 heavy (non-hydrogen) atoms. The zero-order valence-electron chi connectivity index (χ0n) is 19.0. The van der Waals surface area contributed by atoms with Crippen molar-refractivity contribution in [2.75, 3.05) is 0 Å². The zero-order chi connectivity index (χ0) is 23.0. The van der Waals surface area contributed by atoms with Gasteiger partial charge in [-0.2, -0.15) is 5.10 Å². The van der Waals surface area contributed by atoms with Gasteiger partial charge in [0.1, 0.15) is 0 Å². The molecule has 0 aliphatic carbocycles. The van der Waals surface area contributed by atoms with Crippen LogP contribution >= 0.6 is 0 Å². The molecule has 1 N–H and O–H groups in total. The molecule has 2 heterocycles. The third kappa shape index (κ3) is 4.14. The smallest absolute Gasteiger partial charge is 0.337 e. The van der Waals surface area contributed by atoms with Gasteiger partial charge in [0, 0.05) is 28.5 Å². The van der Waals surface area contributed by atoms with Crippen molar-refractivity contribution in [3.63, 3.8) is 0 Å². The number of hydrogen-bond acceptors (Lipinski definition) is 4. The molecule has 2 aromatic heterocycles. The van der Waals surface area contributed by atoms with Gasteiger partial charge in [-0.25, -0.2) is 14.3 Å². The summed E-state index contributed by atoms with van der Waals surface area (Å²) in [6, 6.07) is 19.7. The molecule has 0 spiro atoms. The van der Waals surface area contributed by atoms with Crippen LogP contribution in [0.1, 0.15) is 43.7 Å². The number of nitrogens with zero attached hydrogens (tertiary/aromatic N) is 3. The first-order valence-corrected chi connectivity index (χ1v) is 10.6. The van der Waals surface area contributed by atoms with Gasteiger partial charge in [0.15, 0.2) is 11.8 Å². The van der Waals surface area contributed by atoms with Gasteiger partial charge in [-0.1, -0.05) is 54.6 Å². The monoisotopic (exact) mass is 429 g/mol. The zero-order valence-corrected chi connectivity index (χ0v) is 19.0. The van der Waals surface area contributed by atoms with E-state index in [2.05, 4.69) is 0 Å². The maximum absolute atomic E-state index is 12.4. The number of ether oxygens (including phenoxy) is 1. The molecule has 1 atom stereocenters. The molecule has 0 saturated heterocycles. The maximum Gasteiger partial charge on any atom is 0.337 e. The number of rotatable bonds is 5. The molecule has 0 saturated carbocycles. The SMILES string of the molecule is Cc1ccccc1-c1c(C(OC(C)(C)C)C(=O)O)c(C)nc2cc(-c3ccccc3)nn12. The van der Waals surface area contributed by atoms with Gasteiger partial charge in [-0.3, -0.25) is 0 Å². The molecule has 4 rings (SSSR count). The molecule has 6 heteroatoms. The predicted octanol–water partition coefficient (Wildman–Crippen LogP) is 5.62. The predicted molar refractivity (Wildman–Crippen MR) is 125 cm³/mol. The minimum Gasteiger partial charge on any atom is -0.479 e. The van der Waals surface area contributed by atoms with Crippen LogP contribution in [0.4, 0.5) is 0 Å². The van der Waals surface area contributed by atoms with Gasteiger partial charge in [0.05, 0.1) is 17.0 Å². The van der Waals surface area contributed by atoms with Crippen LogP contribution in [-0.2, 0) is 9.53 Å². The second kappa shape index (κ2) is 8.20. The first-order valence-electron chi connectivity index (χ1n) is 10.6. The Hall–Kier alpha value is -3.51. The highest BCUT2D eigenvalue weighted by molar-refractivity contribution is 5.81. The average Bonchev–Trinajstić information content (AvgIpc) is 3.15. The topological polar surface area (TPSA) is 76.7 Å². The van der Waals surface area contributed by atoms with E-state index in [4.69, 9.17) is 14.8 Å². The van der Waals surface area contributed by atoms with Crippen LogP contribution in [0.2, 0.25) is 0 Å². The van der Waals surface area contributed by atoms with Crippen molar-refractivity contribution in [1.29, 1.82) is 0 Å². The third-order valence-electron chi connectivity index (χ3n) is 5.26. The van der Waals surface area contributed by atoms with Crippen molar-refractivity contribution in [3.05, 3.63) is 77.5 Å². The lowest BCUT2D eigenvalue weighted by Crippen LogP contribution is -2.29. The molecule has 0 radical (unpaired) electrons. The van der Waals surface area contributed by atoms with Crippen LogP contribution in [0.25, 0.3) is 28.2 Å². The van der Waals surface area contributed by atoms with E-state index < -0.39 is 17.7 Å². The van der Waals surface area contributed by atoms with Gasteiger partial charge in [-0.15, -0.1) is 0 Å². The van der Waals surface area contributed by atoms with Crippen molar-refractivity contribution in [1.82, 2.24) is 14.6 Å². The van der Waals surface area contributed by atoms with Crippen molar-refractivity contribution in [3.8, 4) is 22.5 Å². The molecule has 2 aromatic carbocycles. The molecular formula is C26H27N3O3. The molecular weight excluding hydrogens is 402 g/mol. The number of fused-ring (bicyclic) bond motifs is 1. The van der Waals surface area contributed by atoms with Crippen LogP contribution in [0.5, 0.6) is 0 Å². The van der Waals surface area contributed by atoms with E-state index in [1.807, 2.05) is 95.3 Å². The van der Waals surface area contributed by atoms with Crippen molar-refractivity contribution < 1.29 is 14.6 Å². The van der Waals surface area contributed by atoms with E-state index in [1.54, 1.807) is 4.52 Å². The first kappa shape index (κ1) is 21.7. The minimum absolute atomic E-state index is 0.511. The molecule has 0 amide bonds. The average molecular weight is 430 g/mol. The summed E-state index contributed by atoms with van der Waals surface area (Å²) in [5.74, 6) is -1.06. The van der Waals surface area contributed by atoms with Gasteiger partial charge in [0.2, 0.25) is 0 Å². The highest BCUT2D eigenvalue weighted by Crippen LogP contribution is 2.37. The lowest BCUT2D eigenvalue weighted by Gasteiger charge is -2.27. The summed E-state index contributed by atoms with van der Waals surface area (Å²) in [5.41, 5.74) is 5.44. The van der Waals surface area contributed by atoms with E-state index in [0.29, 0.717) is 22.6 Å². The van der Waals surface area contributed by atoms with Gasteiger partial charge in [0.25, 0.3) is 0 Å². The summed E-state index contributed by atoms with van der Waals surface area (Å²) in [6.45, 7) is 9.37. The standard InChI is InChI=1S/C26H27N3O3/c1-16-11-9-10-14-19(16)23-22(24(25(30)31)32-26(3,4)5)17(2)27-21-15-20(28-29(21)23)18-12-7-6-8-13-18/h6-15,24H,1-5H3,(H,30,31). The molecule has 0 aliphatic rings. The van der Waals surface area contributed by atoms with E-state index in [-0.39, 0.29) is 0 Å². The summed E-state index contributed by atoms with van der Waals surface area (Å²) in [5, 5.41) is 15.0. The van der Waals surface area contributed by atoms with Crippen LogP contribution in [0, 0.1) is 13.8 Å². The fourth-order valence-electron chi connectivity index (χ4n) is 3.88. The third-order valence-corrected chi connectivity index (χ3v) is 5.26. The Morgan fingerprint density at radius 1 is 1.03 bits per heavy atom. The Balaban J connectivity index is 2.07. The molecule has 0 fully saturated rings. The molecule has 0 bridgehead atoms. The van der Waals surface area contributed by atoms with Crippen LogP contribution in [-0.4, -0.2) is 31.3 Å². The van der Waals surface area contributed by atoms with Gasteiger partial charge < -0.3 is 9.84 Å². The van der Waals surface area contributed by atoms with Crippen molar-refractivity contribution in [2.24, 2.45) is 0 Å². The largest absolute Gasteiger partial charge is 0.479 e. The Morgan fingerprint density at radius 2 is 1.69 bits per heavy atom. The Bertz CT molecular complexity index is 1290. The van der Waals surface area contributed by atoms with Crippen molar-refractivity contribution in [2.45, 2.75) is 46.3 Å². The number of carboxylic acid groups (broad SMARTS) is 1. The van der Waals surface area contributed by atoms with Crippen LogP contribution in [0.3, 0.4) is 0 Å². The molecule has 164 valence electrons. The second-order valence-electron chi connectivity index (χ2n) is 8.89. The molecule has 6 nitrogen and oxygen atoms in total. The minimum atomic E-state index is -1.19. The summed E-state index contributed by atoms with van der Waals surface area (Å²) in [4.78, 5) is 17.1. The number of aromatic nitrogens is 3. The summed E-state index contributed by atoms with van der Waals surface area (Å²) in [7, 11) is 0. The maximum atomic E-state index is 12.4. The first-order chi connectivity index (χ1) is 15.2. The van der Waals surface area contributed by atoms with Gasteiger partial charge >= 0.3 is 5.97 Å². The normalized spacial score (nSPS) is 12.8. The Kier molecular flexibility index (Phi) is 5.57. The lowest BCUT2D eigenvalue weighted by molar-refractivity contribution is -0.160. The number of benzene rings is 2. The number of aliphatic carboxylic acids is 1. The fourth-order valence-corrected chi connectivity index (χ4v) is 3.88. The summed E-state index contributed by atoms with van der Waals surface area (Å²) >= 11 is 0. The highest BCUT2D eigenvalue weighted by Gasteiger charge is 2.33. The summed E-state index contributed by atoms with van der Waals surface area (Å²) in [6.07, 6.45) is -1.19. The van der Waals surface area contributed by atoms with Crippen LogP contribution < -0.4 is 0 Å². The van der Waals surface area contributed by atoms with E-state index in [9.17, 15) is 9.90 Å². The number of carboxylic acids is 1. The van der Waals surface area contributed by atoms with E-state index in [0.717, 1.165) is 22.4 Å². The molecule has 1 unspecified atom stereocenters. The fraction of sp³-hybridized carbons (Fsp3) is 0.269. The number of hydrogen-bond donors (Lipinski definition) is 1. The molecule has 0 aliphatic heterocycles. The Labute approximate surface area is 187 Å². The molecule has 4 aromatic rings. The second-order valence-corrected chi connectivity index (χ2v) is 8.89. The quantitative estimate of drug-likeness (QED) is 0.445.